The van der Waals surface area contributed by atoms with E-state index >= 15 is 0 Å². The Kier molecular flexibility index (Phi) is 9.72. The molecule has 0 bridgehead atoms. The van der Waals surface area contributed by atoms with Gasteiger partial charge in [-0.05, 0) is 93.0 Å². The predicted molar refractivity (Wildman–Crippen MR) is 185 cm³/mol. The Balaban J connectivity index is 1.20. The molecule has 246 valence electrons. The van der Waals surface area contributed by atoms with E-state index in [1.807, 2.05) is 37.3 Å². The number of amides is 1. The minimum Gasteiger partial charge on any atom is -0.487 e. The van der Waals surface area contributed by atoms with E-state index in [9.17, 15) is 9.90 Å². The van der Waals surface area contributed by atoms with Gasteiger partial charge in [0.05, 0.1) is 12.1 Å². The first-order chi connectivity index (χ1) is 22.1. The molecule has 3 N–H and O–H groups in total. The number of ether oxygens (including phenoxy) is 1. The molecule has 3 aromatic rings. The molecule has 3 heterocycles. The lowest BCUT2D eigenvalue weighted by atomic mass is 9.84. The SMILES string of the molecule is CCc1ccc2c(c1)[C@@H](NC[C@@H](O)[C@H](Cc1ccccc1)NC(=O)c1cc(C)nc(N3CCCC(C)(C)C3)c1)CC1(CCCC1)O2. The largest absolute Gasteiger partial charge is 0.487 e. The number of benzene rings is 2. The fraction of sp³-hybridized carbons (Fsp3) is 0.538. The fourth-order valence-corrected chi connectivity index (χ4v) is 7.82. The van der Waals surface area contributed by atoms with E-state index in [1.54, 1.807) is 0 Å². The van der Waals surface area contributed by atoms with E-state index in [2.05, 4.69) is 66.6 Å². The molecule has 2 aromatic carbocycles. The summed E-state index contributed by atoms with van der Waals surface area (Å²) in [5, 5.41) is 18.7. The van der Waals surface area contributed by atoms with Crippen molar-refractivity contribution in [3.05, 3.63) is 88.6 Å². The number of aromatic nitrogens is 1. The van der Waals surface area contributed by atoms with E-state index in [4.69, 9.17) is 9.72 Å². The summed E-state index contributed by atoms with van der Waals surface area (Å²) >= 11 is 0. The number of aliphatic hydroxyl groups excluding tert-OH is 1. The van der Waals surface area contributed by atoms with Crippen molar-refractivity contribution in [3.63, 3.8) is 0 Å². The van der Waals surface area contributed by atoms with E-state index in [0.717, 1.165) is 68.0 Å². The Morgan fingerprint density at radius 2 is 1.83 bits per heavy atom. The second kappa shape index (κ2) is 13.7. The van der Waals surface area contributed by atoms with Gasteiger partial charge in [-0.3, -0.25) is 4.79 Å². The first kappa shape index (κ1) is 32.5. The number of piperidine rings is 1. The minimum atomic E-state index is -0.797. The van der Waals surface area contributed by atoms with Crippen molar-refractivity contribution in [3.8, 4) is 5.75 Å². The van der Waals surface area contributed by atoms with Crippen molar-refractivity contribution in [2.24, 2.45) is 5.41 Å². The third-order valence-electron chi connectivity index (χ3n) is 10.4. The highest BCUT2D eigenvalue weighted by atomic mass is 16.5. The van der Waals surface area contributed by atoms with Crippen LogP contribution < -0.4 is 20.3 Å². The lowest BCUT2D eigenvalue weighted by Crippen LogP contribution is -2.50. The highest BCUT2D eigenvalue weighted by molar-refractivity contribution is 5.95. The summed E-state index contributed by atoms with van der Waals surface area (Å²) in [7, 11) is 0. The summed E-state index contributed by atoms with van der Waals surface area (Å²) in [5.74, 6) is 1.63. The molecule has 1 aliphatic carbocycles. The molecular formula is C39H52N4O3. The van der Waals surface area contributed by atoms with Crippen molar-refractivity contribution in [2.45, 2.75) is 109 Å². The smallest absolute Gasteiger partial charge is 0.251 e. The van der Waals surface area contributed by atoms with Gasteiger partial charge in [0, 0.05) is 48.9 Å². The number of carbonyl (C=O) groups is 1. The predicted octanol–water partition coefficient (Wildman–Crippen LogP) is 6.71. The van der Waals surface area contributed by atoms with E-state index in [1.165, 1.54) is 30.4 Å². The van der Waals surface area contributed by atoms with Crippen LogP contribution in [0, 0.1) is 12.3 Å². The first-order valence-electron chi connectivity index (χ1n) is 17.4. The number of rotatable bonds is 10. The van der Waals surface area contributed by atoms with Crippen LogP contribution in [-0.2, 0) is 12.8 Å². The quantitative estimate of drug-likeness (QED) is 0.233. The van der Waals surface area contributed by atoms with Gasteiger partial charge in [0.25, 0.3) is 5.91 Å². The molecule has 2 aliphatic heterocycles. The highest BCUT2D eigenvalue weighted by Gasteiger charge is 2.43. The van der Waals surface area contributed by atoms with Gasteiger partial charge < -0.3 is 25.4 Å². The molecule has 1 saturated heterocycles. The third kappa shape index (κ3) is 7.58. The number of hydrogen-bond donors (Lipinski definition) is 3. The van der Waals surface area contributed by atoms with Crippen molar-refractivity contribution in [2.75, 3.05) is 24.5 Å². The number of aliphatic hydroxyl groups is 1. The Morgan fingerprint density at radius 1 is 1.04 bits per heavy atom. The molecule has 7 nitrogen and oxygen atoms in total. The number of fused-ring (bicyclic) bond motifs is 1. The van der Waals surface area contributed by atoms with Gasteiger partial charge in [-0.15, -0.1) is 0 Å². The van der Waals surface area contributed by atoms with Crippen LogP contribution in [0.15, 0.2) is 60.7 Å². The maximum absolute atomic E-state index is 13.9. The Bertz CT molecular complexity index is 1500. The molecule has 1 saturated carbocycles. The van der Waals surface area contributed by atoms with Gasteiger partial charge in [-0.25, -0.2) is 4.98 Å². The van der Waals surface area contributed by atoms with Gasteiger partial charge in [0.15, 0.2) is 0 Å². The zero-order valence-corrected chi connectivity index (χ0v) is 28.1. The molecule has 2 fully saturated rings. The lowest BCUT2D eigenvalue weighted by Gasteiger charge is -2.41. The molecule has 3 atom stereocenters. The molecule has 7 heteroatoms. The van der Waals surface area contributed by atoms with Gasteiger partial charge in [-0.2, -0.15) is 0 Å². The van der Waals surface area contributed by atoms with Crippen molar-refractivity contribution >= 4 is 11.7 Å². The minimum absolute atomic E-state index is 0.0790. The summed E-state index contributed by atoms with van der Waals surface area (Å²) < 4.78 is 6.65. The molecule has 1 spiro atoms. The maximum Gasteiger partial charge on any atom is 0.251 e. The van der Waals surface area contributed by atoms with Crippen LogP contribution in [0.3, 0.4) is 0 Å². The third-order valence-corrected chi connectivity index (χ3v) is 10.4. The molecule has 1 amide bonds. The topological polar surface area (TPSA) is 86.7 Å². The summed E-state index contributed by atoms with van der Waals surface area (Å²) in [6.07, 6.45) is 8.40. The Morgan fingerprint density at radius 3 is 2.57 bits per heavy atom. The van der Waals surface area contributed by atoms with Crippen LogP contribution in [0.25, 0.3) is 0 Å². The van der Waals surface area contributed by atoms with Crippen LogP contribution in [0.5, 0.6) is 5.75 Å². The highest BCUT2D eigenvalue weighted by Crippen LogP contribution is 2.47. The summed E-state index contributed by atoms with van der Waals surface area (Å²) in [4.78, 5) is 21.0. The van der Waals surface area contributed by atoms with Gasteiger partial charge in [0.2, 0.25) is 0 Å². The number of carbonyl (C=O) groups excluding carboxylic acids is 1. The number of hydrogen-bond acceptors (Lipinski definition) is 6. The Labute approximate surface area is 275 Å². The average molecular weight is 625 g/mol. The van der Waals surface area contributed by atoms with E-state index in [0.29, 0.717) is 18.5 Å². The van der Waals surface area contributed by atoms with E-state index < -0.39 is 12.1 Å². The van der Waals surface area contributed by atoms with Crippen molar-refractivity contribution in [1.82, 2.24) is 15.6 Å². The number of nitrogens with one attached hydrogen (secondary N) is 2. The molecule has 3 aliphatic rings. The lowest BCUT2D eigenvalue weighted by molar-refractivity contribution is 0.0326. The number of aryl methyl sites for hydroxylation is 2. The summed E-state index contributed by atoms with van der Waals surface area (Å²) in [6.45, 7) is 10.9. The van der Waals surface area contributed by atoms with Crippen molar-refractivity contribution in [1.29, 1.82) is 0 Å². The van der Waals surface area contributed by atoms with Gasteiger partial charge >= 0.3 is 0 Å². The van der Waals surface area contributed by atoms with Crippen LogP contribution in [0.1, 0.15) is 105 Å². The molecule has 1 aromatic heterocycles. The first-order valence-corrected chi connectivity index (χ1v) is 17.4. The zero-order valence-electron chi connectivity index (χ0n) is 28.1. The molecule has 6 rings (SSSR count). The number of pyridine rings is 1. The van der Waals surface area contributed by atoms with Crippen LogP contribution in [-0.4, -0.2) is 53.4 Å². The Hall–Kier alpha value is -3.42. The summed E-state index contributed by atoms with van der Waals surface area (Å²) in [5.41, 5.74) is 5.00. The van der Waals surface area contributed by atoms with Crippen LogP contribution in [0.2, 0.25) is 0 Å². The average Bonchev–Trinajstić information content (AvgIpc) is 3.49. The van der Waals surface area contributed by atoms with E-state index in [-0.39, 0.29) is 23.0 Å². The zero-order chi connectivity index (χ0) is 32.3. The molecule has 0 unspecified atom stereocenters. The summed E-state index contributed by atoms with van der Waals surface area (Å²) in [6, 6.07) is 20.0. The van der Waals surface area contributed by atoms with Gasteiger partial charge in [-0.1, -0.05) is 63.2 Å². The van der Waals surface area contributed by atoms with Crippen LogP contribution in [0.4, 0.5) is 5.82 Å². The standard InChI is InChI=1S/C39H52N4O3/c1-5-28-14-15-35-31(21-28)33(24-39(46-35)17-9-10-18-39)40-25-34(44)32(22-29-12-7-6-8-13-29)42-37(45)30-20-27(2)41-36(23-30)43-19-11-16-38(3,4)26-43/h6-8,12-15,20-21,23,32-34,40,44H,5,9-11,16-19,22,24-26H2,1-4H3,(H,42,45)/t32-,33-,34+/m0/s1. The second-order valence-corrected chi connectivity index (χ2v) is 14.8. The molecule has 0 radical (unpaired) electrons. The normalized spacial score (nSPS) is 21.3. The molecular weight excluding hydrogens is 572 g/mol. The monoisotopic (exact) mass is 624 g/mol. The van der Waals surface area contributed by atoms with Crippen LogP contribution >= 0.6 is 0 Å². The van der Waals surface area contributed by atoms with Gasteiger partial charge in [0.1, 0.15) is 17.2 Å². The number of anilines is 1. The second-order valence-electron chi connectivity index (χ2n) is 14.8. The number of nitrogens with zero attached hydrogens (tertiary/aromatic N) is 2. The van der Waals surface area contributed by atoms with Crippen molar-refractivity contribution < 1.29 is 14.6 Å². The maximum atomic E-state index is 13.9. The molecule has 46 heavy (non-hydrogen) atoms. The fourth-order valence-electron chi connectivity index (χ4n) is 7.82.